The minimum atomic E-state index is -0.130. The number of aromatic amines is 1. The number of amides is 2. The smallest absolute Gasteiger partial charge is 0.315 e. The van der Waals surface area contributed by atoms with Crippen LogP contribution >= 0.6 is 0 Å². The van der Waals surface area contributed by atoms with Gasteiger partial charge in [0.25, 0.3) is 0 Å². The fourth-order valence-electron chi connectivity index (χ4n) is 1.62. The van der Waals surface area contributed by atoms with E-state index in [-0.39, 0.29) is 12.1 Å². The lowest BCUT2D eigenvalue weighted by Gasteiger charge is -2.11. The lowest BCUT2D eigenvalue weighted by Crippen LogP contribution is -2.42. The highest BCUT2D eigenvalue weighted by Crippen LogP contribution is 2.02. The molecule has 6 heteroatoms. The SMILES string of the molecule is O=C(NCCc1cnc[nH]1)NC1CCOC1. The molecule has 1 saturated heterocycles. The van der Waals surface area contributed by atoms with Gasteiger partial charge in [-0.25, -0.2) is 9.78 Å². The second kappa shape index (κ2) is 5.50. The third-order valence-electron chi connectivity index (χ3n) is 2.50. The molecule has 1 aromatic heterocycles. The number of urea groups is 1. The van der Waals surface area contributed by atoms with Crippen LogP contribution in [0.25, 0.3) is 0 Å². The molecule has 0 bridgehead atoms. The van der Waals surface area contributed by atoms with Crippen LogP contribution in [0.5, 0.6) is 0 Å². The summed E-state index contributed by atoms with van der Waals surface area (Å²) in [6.07, 6.45) is 5.04. The minimum Gasteiger partial charge on any atom is -0.379 e. The molecule has 1 aliphatic rings. The molecular formula is C10H16N4O2. The van der Waals surface area contributed by atoms with Crippen molar-refractivity contribution in [2.45, 2.75) is 18.9 Å². The van der Waals surface area contributed by atoms with Gasteiger partial charge in [-0.15, -0.1) is 0 Å². The third-order valence-corrected chi connectivity index (χ3v) is 2.50. The van der Waals surface area contributed by atoms with Gasteiger partial charge in [0, 0.05) is 31.5 Å². The van der Waals surface area contributed by atoms with Crippen LogP contribution in [-0.2, 0) is 11.2 Å². The molecular weight excluding hydrogens is 208 g/mol. The Morgan fingerprint density at radius 2 is 2.62 bits per heavy atom. The van der Waals surface area contributed by atoms with E-state index < -0.39 is 0 Å². The molecule has 88 valence electrons. The highest BCUT2D eigenvalue weighted by Gasteiger charge is 2.17. The monoisotopic (exact) mass is 224 g/mol. The second-order valence-corrected chi connectivity index (χ2v) is 3.79. The topological polar surface area (TPSA) is 79.0 Å². The molecule has 1 unspecified atom stereocenters. The van der Waals surface area contributed by atoms with Crippen molar-refractivity contribution in [3.8, 4) is 0 Å². The molecule has 1 aromatic rings. The molecule has 2 amide bonds. The molecule has 6 nitrogen and oxygen atoms in total. The van der Waals surface area contributed by atoms with Gasteiger partial charge in [0.2, 0.25) is 0 Å². The number of H-pyrrole nitrogens is 1. The first-order chi connectivity index (χ1) is 7.84. The number of rotatable bonds is 4. The van der Waals surface area contributed by atoms with E-state index in [0.29, 0.717) is 13.2 Å². The zero-order valence-corrected chi connectivity index (χ0v) is 9.03. The van der Waals surface area contributed by atoms with Crippen molar-refractivity contribution in [1.29, 1.82) is 0 Å². The maximum absolute atomic E-state index is 11.4. The van der Waals surface area contributed by atoms with Gasteiger partial charge in [-0.05, 0) is 6.42 Å². The molecule has 16 heavy (non-hydrogen) atoms. The highest BCUT2D eigenvalue weighted by molar-refractivity contribution is 5.74. The number of carbonyl (C=O) groups excluding carboxylic acids is 1. The summed E-state index contributed by atoms with van der Waals surface area (Å²) in [6, 6.07) is 0.0298. The van der Waals surface area contributed by atoms with Gasteiger partial charge in [0.1, 0.15) is 0 Å². The molecule has 0 aromatic carbocycles. The number of imidazole rings is 1. The van der Waals surface area contributed by atoms with Crippen molar-refractivity contribution in [1.82, 2.24) is 20.6 Å². The molecule has 1 atom stereocenters. The van der Waals surface area contributed by atoms with Gasteiger partial charge >= 0.3 is 6.03 Å². The first-order valence-electron chi connectivity index (χ1n) is 5.44. The van der Waals surface area contributed by atoms with Crippen LogP contribution in [0.2, 0.25) is 0 Å². The van der Waals surface area contributed by atoms with E-state index in [0.717, 1.165) is 25.1 Å². The summed E-state index contributed by atoms with van der Waals surface area (Å²) in [5.41, 5.74) is 1.02. The number of nitrogens with zero attached hydrogens (tertiary/aromatic N) is 1. The number of ether oxygens (including phenoxy) is 1. The number of hydrogen-bond acceptors (Lipinski definition) is 3. The fraction of sp³-hybridized carbons (Fsp3) is 0.600. The Morgan fingerprint density at radius 3 is 3.31 bits per heavy atom. The maximum atomic E-state index is 11.4. The van der Waals surface area contributed by atoms with Crippen molar-refractivity contribution < 1.29 is 9.53 Å². The molecule has 3 N–H and O–H groups in total. The van der Waals surface area contributed by atoms with E-state index in [9.17, 15) is 4.79 Å². The molecule has 1 fully saturated rings. The summed E-state index contributed by atoms with van der Waals surface area (Å²) in [5.74, 6) is 0. The van der Waals surface area contributed by atoms with Crippen LogP contribution in [0, 0.1) is 0 Å². The summed E-state index contributed by atoms with van der Waals surface area (Å²) in [6.45, 7) is 1.95. The first-order valence-corrected chi connectivity index (χ1v) is 5.44. The van der Waals surface area contributed by atoms with Crippen LogP contribution in [0.15, 0.2) is 12.5 Å². The highest BCUT2D eigenvalue weighted by atomic mass is 16.5. The molecule has 0 saturated carbocycles. The Hall–Kier alpha value is -1.56. The van der Waals surface area contributed by atoms with Crippen LogP contribution in [0.1, 0.15) is 12.1 Å². The number of hydrogen-bond donors (Lipinski definition) is 3. The number of aromatic nitrogens is 2. The third kappa shape index (κ3) is 3.23. The van der Waals surface area contributed by atoms with Crippen LogP contribution in [-0.4, -0.2) is 41.8 Å². The van der Waals surface area contributed by atoms with Gasteiger partial charge in [0.05, 0.1) is 19.0 Å². The predicted molar refractivity (Wildman–Crippen MR) is 58.1 cm³/mol. The zero-order chi connectivity index (χ0) is 11.2. The minimum absolute atomic E-state index is 0.130. The quantitative estimate of drug-likeness (QED) is 0.675. The molecule has 2 rings (SSSR count). The Bertz CT molecular complexity index is 320. The van der Waals surface area contributed by atoms with Gasteiger partial charge in [0.15, 0.2) is 0 Å². The van der Waals surface area contributed by atoms with E-state index in [2.05, 4.69) is 20.6 Å². The van der Waals surface area contributed by atoms with Crippen molar-refractivity contribution in [2.24, 2.45) is 0 Å². The van der Waals surface area contributed by atoms with Gasteiger partial charge in [-0.2, -0.15) is 0 Å². The Morgan fingerprint density at radius 1 is 1.69 bits per heavy atom. The normalized spacial score (nSPS) is 19.6. The summed E-state index contributed by atoms with van der Waals surface area (Å²) < 4.78 is 5.17. The molecule has 0 spiro atoms. The molecule has 2 heterocycles. The standard InChI is InChI=1S/C10H16N4O2/c15-10(14-9-2-4-16-6-9)12-3-1-8-5-11-7-13-8/h5,7,9H,1-4,6H2,(H,11,13)(H2,12,14,15). The van der Waals surface area contributed by atoms with E-state index in [1.807, 2.05) is 0 Å². The Balaban J connectivity index is 1.60. The van der Waals surface area contributed by atoms with Crippen LogP contribution in [0.4, 0.5) is 4.79 Å². The number of nitrogens with one attached hydrogen (secondary N) is 3. The molecule has 0 aliphatic carbocycles. The van der Waals surface area contributed by atoms with Gasteiger partial charge in [-0.3, -0.25) is 0 Å². The predicted octanol–water partition coefficient (Wildman–Crippen LogP) is 0.0403. The van der Waals surface area contributed by atoms with Crippen LogP contribution < -0.4 is 10.6 Å². The summed E-state index contributed by atoms with van der Waals surface area (Å²) >= 11 is 0. The van der Waals surface area contributed by atoms with E-state index in [1.165, 1.54) is 0 Å². The summed E-state index contributed by atoms with van der Waals surface area (Å²) in [7, 11) is 0. The summed E-state index contributed by atoms with van der Waals surface area (Å²) in [5, 5.41) is 5.65. The second-order valence-electron chi connectivity index (χ2n) is 3.79. The van der Waals surface area contributed by atoms with Crippen LogP contribution in [0.3, 0.4) is 0 Å². The van der Waals surface area contributed by atoms with Crippen molar-refractivity contribution in [3.63, 3.8) is 0 Å². The molecule has 1 aliphatic heterocycles. The van der Waals surface area contributed by atoms with Gasteiger partial charge in [-0.1, -0.05) is 0 Å². The van der Waals surface area contributed by atoms with Crippen molar-refractivity contribution >= 4 is 6.03 Å². The Labute approximate surface area is 93.8 Å². The maximum Gasteiger partial charge on any atom is 0.315 e. The van der Waals surface area contributed by atoms with Crippen molar-refractivity contribution in [2.75, 3.05) is 19.8 Å². The largest absolute Gasteiger partial charge is 0.379 e. The van der Waals surface area contributed by atoms with E-state index in [1.54, 1.807) is 12.5 Å². The summed E-state index contributed by atoms with van der Waals surface area (Å²) in [4.78, 5) is 18.3. The lowest BCUT2D eigenvalue weighted by atomic mass is 10.3. The van der Waals surface area contributed by atoms with Gasteiger partial charge < -0.3 is 20.4 Å². The average molecular weight is 224 g/mol. The number of carbonyl (C=O) groups is 1. The fourth-order valence-corrected chi connectivity index (χ4v) is 1.62. The van der Waals surface area contributed by atoms with E-state index in [4.69, 9.17) is 4.74 Å². The Kier molecular flexibility index (Phi) is 3.76. The van der Waals surface area contributed by atoms with E-state index >= 15 is 0 Å². The average Bonchev–Trinajstić information content (AvgIpc) is 2.90. The molecule has 0 radical (unpaired) electrons. The first kappa shape index (κ1) is 10.9. The zero-order valence-electron chi connectivity index (χ0n) is 9.03. The lowest BCUT2D eigenvalue weighted by molar-refractivity contribution is 0.188. The van der Waals surface area contributed by atoms with Crippen molar-refractivity contribution in [3.05, 3.63) is 18.2 Å².